The number of aromatic nitrogens is 2. The van der Waals surface area contributed by atoms with Crippen LogP contribution in [0.15, 0.2) is 114 Å². The van der Waals surface area contributed by atoms with Gasteiger partial charge in [-0.2, -0.15) is 4.31 Å². The third kappa shape index (κ3) is 8.23. The van der Waals surface area contributed by atoms with Gasteiger partial charge in [0.05, 0.1) is 36.3 Å². The molecule has 2 fully saturated rings. The Morgan fingerprint density at radius 2 is 1.43 bits per heavy atom. The summed E-state index contributed by atoms with van der Waals surface area (Å²) in [4.78, 5) is 37.5. The fourth-order valence-corrected chi connectivity index (χ4v) is 8.77. The van der Waals surface area contributed by atoms with Gasteiger partial charge in [-0.25, -0.2) is 26.4 Å². The molecule has 0 spiro atoms. The predicted octanol–water partition coefficient (Wildman–Crippen LogP) is 7.84. The molecule has 2 heterocycles. The standard InChI is InChI=1S/C42H39F3N4O6S/c43-35-22-37(45)39(23-36(35)44)56(52,53)49-21-20-42(49,55-28-30-12-6-2-7-13-30)41(51)48(26-33-24-47-38(25-46-33)31-14-8-3-9-15-31)34-18-16-32(17-19-34)40(50)54-27-29-10-4-1-5-11-29/h1-2,4-7,10-13,16-19,22-25,31H,3,8-9,14-15,20-21,26-28H2/t42-/m1/s1. The molecule has 56 heavy (non-hydrogen) atoms. The molecule has 1 aromatic heterocycles. The number of hydrogen-bond donors (Lipinski definition) is 0. The number of rotatable bonds is 13. The summed E-state index contributed by atoms with van der Waals surface area (Å²) in [7, 11) is -4.99. The van der Waals surface area contributed by atoms with Gasteiger partial charge in [-0.15, -0.1) is 0 Å². The van der Waals surface area contributed by atoms with Gasteiger partial charge in [0, 0.05) is 36.8 Å². The summed E-state index contributed by atoms with van der Waals surface area (Å²) >= 11 is 0. The molecule has 1 atom stereocenters. The van der Waals surface area contributed by atoms with Crippen molar-refractivity contribution < 1.29 is 40.7 Å². The number of sulfonamides is 1. The molecule has 0 radical (unpaired) electrons. The molecule has 7 rings (SSSR count). The van der Waals surface area contributed by atoms with Crippen LogP contribution >= 0.6 is 0 Å². The summed E-state index contributed by atoms with van der Waals surface area (Å²) in [5, 5.41) is 0. The summed E-state index contributed by atoms with van der Waals surface area (Å²) < 4.78 is 84.0. The number of carbonyl (C=O) groups is 2. The summed E-state index contributed by atoms with van der Waals surface area (Å²) in [6.45, 7) is -0.670. The molecule has 290 valence electrons. The Bertz CT molecular complexity index is 2280. The average molecular weight is 785 g/mol. The first-order valence-corrected chi connectivity index (χ1v) is 19.8. The van der Waals surface area contributed by atoms with Crippen LogP contribution < -0.4 is 4.90 Å². The van der Waals surface area contributed by atoms with Crippen LogP contribution in [0.4, 0.5) is 18.9 Å². The molecule has 2 aliphatic rings. The molecule has 1 saturated carbocycles. The highest BCUT2D eigenvalue weighted by Gasteiger charge is 2.60. The van der Waals surface area contributed by atoms with Crippen molar-refractivity contribution in [2.75, 3.05) is 11.4 Å². The zero-order valence-corrected chi connectivity index (χ0v) is 31.1. The van der Waals surface area contributed by atoms with E-state index in [0.717, 1.165) is 36.9 Å². The number of esters is 1. The quantitative estimate of drug-likeness (QED) is 0.0876. The molecule has 0 unspecified atom stereocenters. The van der Waals surface area contributed by atoms with E-state index >= 15 is 9.18 Å². The van der Waals surface area contributed by atoms with E-state index in [1.165, 1.54) is 35.6 Å². The molecular formula is C42H39F3N4O6S. The van der Waals surface area contributed by atoms with E-state index in [0.29, 0.717) is 15.6 Å². The van der Waals surface area contributed by atoms with Crippen LogP contribution in [-0.4, -0.2) is 46.8 Å². The maximum Gasteiger partial charge on any atom is 0.338 e. The molecule has 1 aliphatic heterocycles. The molecule has 1 saturated heterocycles. The van der Waals surface area contributed by atoms with Gasteiger partial charge in [0.1, 0.15) is 17.3 Å². The van der Waals surface area contributed by atoms with Crippen LogP contribution in [0, 0.1) is 17.5 Å². The van der Waals surface area contributed by atoms with Crippen molar-refractivity contribution in [3.05, 3.63) is 155 Å². The van der Waals surface area contributed by atoms with Crippen molar-refractivity contribution in [1.82, 2.24) is 14.3 Å². The molecule has 0 N–H and O–H groups in total. The van der Waals surface area contributed by atoms with E-state index in [9.17, 15) is 22.0 Å². The zero-order chi connectivity index (χ0) is 39.3. The highest BCUT2D eigenvalue weighted by molar-refractivity contribution is 7.89. The van der Waals surface area contributed by atoms with Crippen molar-refractivity contribution in [2.24, 2.45) is 0 Å². The van der Waals surface area contributed by atoms with Gasteiger partial charge in [0.25, 0.3) is 5.91 Å². The van der Waals surface area contributed by atoms with Crippen LogP contribution in [-0.2, 0) is 44.1 Å². The SMILES string of the molecule is O=C(OCc1ccccc1)c1ccc(N(Cc2cnc(C3CCCCC3)cn2)C(=O)[C@]2(OCc3ccccc3)CCN2S(=O)(=O)c2cc(F)c(F)cc2F)cc1. The van der Waals surface area contributed by atoms with Crippen molar-refractivity contribution >= 4 is 27.6 Å². The van der Waals surface area contributed by atoms with Gasteiger partial charge in [0.15, 0.2) is 11.6 Å². The number of nitrogens with zero attached hydrogens (tertiary/aromatic N) is 4. The smallest absolute Gasteiger partial charge is 0.338 e. The lowest BCUT2D eigenvalue weighted by Crippen LogP contribution is -2.70. The van der Waals surface area contributed by atoms with Crippen molar-refractivity contribution in [3.8, 4) is 0 Å². The fourth-order valence-electron chi connectivity index (χ4n) is 7.03. The summed E-state index contributed by atoms with van der Waals surface area (Å²) in [5.74, 6) is -5.86. The monoisotopic (exact) mass is 784 g/mol. The van der Waals surface area contributed by atoms with E-state index in [-0.39, 0.29) is 62.0 Å². The number of hydrogen-bond acceptors (Lipinski definition) is 8. The lowest BCUT2D eigenvalue weighted by molar-refractivity contribution is -0.194. The Morgan fingerprint density at radius 1 is 0.786 bits per heavy atom. The minimum absolute atomic E-state index is 0.0473. The first-order valence-electron chi connectivity index (χ1n) is 18.3. The molecule has 10 nitrogen and oxygen atoms in total. The third-order valence-electron chi connectivity index (χ3n) is 10.2. The van der Waals surface area contributed by atoms with Gasteiger partial charge >= 0.3 is 5.97 Å². The van der Waals surface area contributed by atoms with Crippen LogP contribution in [0.1, 0.15) is 77.3 Å². The summed E-state index contributed by atoms with van der Waals surface area (Å²) in [6.07, 6.45) is 8.49. The molecular weight excluding hydrogens is 746 g/mol. The Balaban J connectivity index is 1.24. The topological polar surface area (TPSA) is 119 Å². The van der Waals surface area contributed by atoms with Gasteiger partial charge in [-0.05, 0) is 54.3 Å². The van der Waals surface area contributed by atoms with Gasteiger partial charge < -0.3 is 14.4 Å². The fraction of sp³-hybridized carbons (Fsp3) is 0.286. The first kappa shape index (κ1) is 38.8. The van der Waals surface area contributed by atoms with Crippen molar-refractivity contribution in [1.29, 1.82) is 0 Å². The molecule has 14 heteroatoms. The number of benzene rings is 4. The third-order valence-corrected chi connectivity index (χ3v) is 12.1. The largest absolute Gasteiger partial charge is 0.457 e. The van der Waals surface area contributed by atoms with Gasteiger partial charge in [-0.3, -0.25) is 14.8 Å². The summed E-state index contributed by atoms with van der Waals surface area (Å²) in [6, 6.07) is 24.2. The van der Waals surface area contributed by atoms with Crippen molar-refractivity contribution in [3.63, 3.8) is 0 Å². The second-order valence-electron chi connectivity index (χ2n) is 13.9. The van der Waals surface area contributed by atoms with E-state index < -0.39 is 50.0 Å². The van der Waals surface area contributed by atoms with Crippen molar-refractivity contribution in [2.45, 2.75) is 74.8 Å². The molecule has 1 aliphatic carbocycles. The molecule has 5 aromatic rings. The van der Waals surface area contributed by atoms with Crippen LogP contribution in [0.25, 0.3) is 0 Å². The van der Waals surface area contributed by atoms with Crippen LogP contribution in [0.5, 0.6) is 0 Å². The van der Waals surface area contributed by atoms with Crippen LogP contribution in [0.2, 0.25) is 0 Å². The zero-order valence-electron chi connectivity index (χ0n) is 30.3. The number of amides is 1. The lowest BCUT2D eigenvalue weighted by Gasteiger charge is -2.50. The van der Waals surface area contributed by atoms with Crippen LogP contribution in [0.3, 0.4) is 0 Å². The maximum absolute atomic E-state index is 15.1. The van der Waals surface area contributed by atoms with Gasteiger partial charge in [-0.1, -0.05) is 79.9 Å². The molecule has 4 aromatic carbocycles. The van der Waals surface area contributed by atoms with E-state index in [1.807, 2.05) is 30.3 Å². The van der Waals surface area contributed by atoms with Gasteiger partial charge in [0.2, 0.25) is 15.7 Å². The number of halogens is 3. The number of anilines is 1. The normalized spacial score (nSPS) is 17.6. The highest BCUT2D eigenvalue weighted by atomic mass is 32.2. The second-order valence-corrected chi connectivity index (χ2v) is 15.7. The summed E-state index contributed by atoms with van der Waals surface area (Å²) in [5.41, 5.74) is 0.824. The molecule has 1 amide bonds. The lowest BCUT2D eigenvalue weighted by atomic mass is 9.87. The first-order chi connectivity index (χ1) is 27.0. The van der Waals surface area contributed by atoms with E-state index in [4.69, 9.17) is 9.47 Å². The Labute approximate surface area is 323 Å². The van der Waals surface area contributed by atoms with E-state index in [2.05, 4.69) is 9.97 Å². The number of carbonyl (C=O) groups excluding carboxylic acids is 2. The van der Waals surface area contributed by atoms with E-state index in [1.54, 1.807) is 42.7 Å². The number of ether oxygens (including phenoxy) is 2. The minimum atomic E-state index is -4.99. The average Bonchev–Trinajstić information content (AvgIpc) is 3.21. The minimum Gasteiger partial charge on any atom is -0.457 e. The Hall–Kier alpha value is -5.44. The predicted molar refractivity (Wildman–Crippen MR) is 200 cm³/mol. The Morgan fingerprint density at radius 3 is 2.04 bits per heavy atom. The maximum atomic E-state index is 15.1. The second kappa shape index (κ2) is 16.7. The highest BCUT2D eigenvalue weighted by Crippen LogP contribution is 2.42. The molecule has 0 bridgehead atoms. The Kier molecular flexibility index (Phi) is 11.6.